The number of amides is 1. The number of rotatable bonds is 6. The molecular formula is C12H20N2O3. The summed E-state index contributed by atoms with van der Waals surface area (Å²) in [6.45, 7) is 4.82. The quantitative estimate of drug-likeness (QED) is 0.781. The molecule has 5 heteroatoms. The lowest BCUT2D eigenvalue weighted by Crippen LogP contribution is -2.41. The molecule has 1 amide bonds. The fourth-order valence-electron chi connectivity index (χ4n) is 1.43. The Kier molecular flexibility index (Phi) is 5.18. The first-order valence-corrected chi connectivity index (χ1v) is 5.67. The molecule has 0 aliphatic rings. The number of nitrogens with two attached hydrogens (primary N) is 1. The van der Waals surface area contributed by atoms with Crippen LogP contribution in [0.5, 0.6) is 0 Å². The van der Waals surface area contributed by atoms with Gasteiger partial charge < -0.3 is 20.2 Å². The molecular weight excluding hydrogens is 220 g/mol. The van der Waals surface area contributed by atoms with Gasteiger partial charge in [-0.25, -0.2) is 0 Å². The van der Waals surface area contributed by atoms with Crippen LogP contribution in [-0.2, 0) is 11.3 Å². The third kappa shape index (κ3) is 3.87. The highest BCUT2D eigenvalue weighted by atomic mass is 16.5. The summed E-state index contributed by atoms with van der Waals surface area (Å²) in [5.74, 6) is 0.943. The molecule has 5 nitrogen and oxygen atoms in total. The van der Waals surface area contributed by atoms with Gasteiger partial charge in [0.1, 0.15) is 5.76 Å². The molecule has 0 radical (unpaired) electrons. The Labute approximate surface area is 101 Å². The molecule has 96 valence electrons. The van der Waals surface area contributed by atoms with Crippen LogP contribution in [0.3, 0.4) is 0 Å². The number of furan rings is 1. The van der Waals surface area contributed by atoms with Crippen molar-refractivity contribution in [3.05, 3.63) is 23.7 Å². The number of ether oxygens (including phenoxy) is 1. The third-order valence-electron chi connectivity index (χ3n) is 2.55. The standard InChI is InChI=1S/C12H20N2O3/c1-8(2)10(7-16-3)14-12(15)11-5-4-9(6-13)17-11/h4-5,8,10H,6-7,13H2,1-3H3,(H,14,15). The number of carbonyl (C=O) groups excluding carboxylic acids is 1. The molecule has 3 N–H and O–H groups in total. The minimum atomic E-state index is -0.236. The van der Waals surface area contributed by atoms with Crippen LogP contribution in [0, 0.1) is 5.92 Å². The lowest BCUT2D eigenvalue weighted by atomic mass is 10.1. The van der Waals surface area contributed by atoms with Crippen molar-refractivity contribution in [1.29, 1.82) is 0 Å². The number of hydrogen-bond acceptors (Lipinski definition) is 4. The molecule has 0 bridgehead atoms. The van der Waals surface area contributed by atoms with E-state index in [0.717, 1.165) is 0 Å². The molecule has 0 aliphatic carbocycles. The van der Waals surface area contributed by atoms with E-state index in [4.69, 9.17) is 14.9 Å². The summed E-state index contributed by atoms with van der Waals surface area (Å²) in [5.41, 5.74) is 5.42. The van der Waals surface area contributed by atoms with E-state index in [1.54, 1.807) is 19.2 Å². The zero-order chi connectivity index (χ0) is 12.8. The predicted octanol–water partition coefficient (Wildman–Crippen LogP) is 1.14. The molecule has 0 saturated carbocycles. The number of carbonyl (C=O) groups is 1. The van der Waals surface area contributed by atoms with Crippen LogP contribution in [0.4, 0.5) is 0 Å². The van der Waals surface area contributed by atoms with Crippen molar-refractivity contribution >= 4 is 5.91 Å². The Morgan fingerprint density at radius 1 is 1.53 bits per heavy atom. The van der Waals surface area contributed by atoms with E-state index in [9.17, 15) is 4.79 Å². The molecule has 1 rings (SSSR count). The second-order valence-corrected chi connectivity index (χ2v) is 4.25. The largest absolute Gasteiger partial charge is 0.455 e. The first kappa shape index (κ1) is 13.7. The van der Waals surface area contributed by atoms with Crippen molar-refractivity contribution in [3.63, 3.8) is 0 Å². The van der Waals surface area contributed by atoms with Crippen molar-refractivity contribution in [2.45, 2.75) is 26.4 Å². The van der Waals surface area contributed by atoms with Gasteiger partial charge >= 0.3 is 0 Å². The van der Waals surface area contributed by atoms with Crippen molar-refractivity contribution in [2.75, 3.05) is 13.7 Å². The van der Waals surface area contributed by atoms with E-state index in [-0.39, 0.29) is 17.7 Å². The van der Waals surface area contributed by atoms with Crippen molar-refractivity contribution in [3.8, 4) is 0 Å². The van der Waals surface area contributed by atoms with Gasteiger partial charge in [0.25, 0.3) is 5.91 Å². The fourth-order valence-corrected chi connectivity index (χ4v) is 1.43. The van der Waals surface area contributed by atoms with Gasteiger partial charge in [0, 0.05) is 7.11 Å². The van der Waals surface area contributed by atoms with Crippen LogP contribution in [0.2, 0.25) is 0 Å². The van der Waals surface area contributed by atoms with Crippen LogP contribution < -0.4 is 11.1 Å². The highest BCUT2D eigenvalue weighted by molar-refractivity contribution is 5.91. The predicted molar refractivity (Wildman–Crippen MR) is 64.6 cm³/mol. The van der Waals surface area contributed by atoms with Gasteiger partial charge in [-0.1, -0.05) is 13.8 Å². The SMILES string of the molecule is COCC(NC(=O)c1ccc(CN)o1)C(C)C. The minimum absolute atomic E-state index is 0.0288. The van der Waals surface area contributed by atoms with Crippen molar-refractivity contribution in [2.24, 2.45) is 11.7 Å². The fraction of sp³-hybridized carbons (Fsp3) is 0.583. The number of methoxy groups -OCH3 is 1. The summed E-state index contributed by atoms with van der Waals surface area (Å²) in [7, 11) is 1.61. The maximum absolute atomic E-state index is 11.9. The Morgan fingerprint density at radius 3 is 2.71 bits per heavy atom. The van der Waals surface area contributed by atoms with Gasteiger partial charge in [0.2, 0.25) is 0 Å². The second kappa shape index (κ2) is 6.42. The monoisotopic (exact) mass is 240 g/mol. The maximum atomic E-state index is 11.9. The summed E-state index contributed by atoms with van der Waals surface area (Å²) in [6, 6.07) is 3.30. The van der Waals surface area contributed by atoms with Gasteiger partial charge in [-0.3, -0.25) is 4.79 Å². The number of nitrogens with one attached hydrogen (secondary N) is 1. The molecule has 0 saturated heterocycles. The summed E-state index contributed by atoms with van der Waals surface area (Å²) in [5, 5.41) is 2.87. The van der Waals surface area contributed by atoms with Gasteiger partial charge in [0.15, 0.2) is 5.76 Å². The maximum Gasteiger partial charge on any atom is 0.287 e. The van der Waals surface area contributed by atoms with E-state index in [1.807, 2.05) is 13.8 Å². The molecule has 1 aromatic heterocycles. The minimum Gasteiger partial charge on any atom is -0.455 e. The normalized spacial score (nSPS) is 12.8. The Hall–Kier alpha value is -1.33. The summed E-state index contributed by atoms with van der Waals surface area (Å²) in [6.07, 6.45) is 0. The van der Waals surface area contributed by atoms with Crippen LogP contribution in [-0.4, -0.2) is 25.7 Å². The van der Waals surface area contributed by atoms with E-state index in [0.29, 0.717) is 24.8 Å². The zero-order valence-electron chi connectivity index (χ0n) is 10.5. The van der Waals surface area contributed by atoms with Crippen LogP contribution in [0.25, 0.3) is 0 Å². The Morgan fingerprint density at radius 2 is 2.24 bits per heavy atom. The topological polar surface area (TPSA) is 77.5 Å². The number of hydrogen-bond donors (Lipinski definition) is 2. The first-order valence-electron chi connectivity index (χ1n) is 5.67. The van der Waals surface area contributed by atoms with Gasteiger partial charge in [-0.2, -0.15) is 0 Å². The zero-order valence-corrected chi connectivity index (χ0v) is 10.5. The van der Waals surface area contributed by atoms with Gasteiger partial charge in [-0.15, -0.1) is 0 Å². The smallest absolute Gasteiger partial charge is 0.287 e. The highest BCUT2D eigenvalue weighted by Gasteiger charge is 2.18. The molecule has 0 aliphatic heterocycles. The van der Waals surface area contributed by atoms with Crippen molar-refractivity contribution in [1.82, 2.24) is 5.32 Å². The average molecular weight is 240 g/mol. The third-order valence-corrected chi connectivity index (χ3v) is 2.55. The second-order valence-electron chi connectivity index (χ2n) is 4.25. The molecule has 1 atom stereocenters. The molecule has 0 spiro atoms. The molecule has 17 heavy (non-hydrogen) atoms. The molecule has 0 aromatic carbocycles. The Bertz CT molecular complexity index is 360. The van der Waals surface area contributed by atoms with Crippen LogP contribution in [0.15, 0.2) is 16.5 Å². The van der Waals surface area contributed by atoms with Gasteiger partial charge in [0.05, 0.1) is 19.2 Å². The van der Waals surface area contributed by atoms with Gasteiger partial charge in [-0.05, 0) is 18.1 Å². The van der Waals surface area contributed by atoms with E-state index >= 15 is 0 Å². The average Bonchev–Trinajstić information content (AvgIpc) is 2.76. The lowest BCUT2D eigenvalue weighted by Gasteiger charge is -2.20. The molecule has 1 unspecified atom stereocenters. The van der Waals surface area contributed by atoms with E-state index < -0.39 is 0 Å². The summed E-state index contributed by atoms with van der Waals surface area (Å²) < 4.78 is 10.3. The molecule has 1 aromatic rings. The summed E-state index contributed by atoms with van der Waals surface area (Å²) >= 11 is 0. The van der Waals surface area contributed by atoms with E-state index in [2.05, 4.69) is 5.32 Å². The first-order chi connectivity index (χ1) is 8.08. The summed E-state index contributed by atoms with van der Waals surface area (Å²) in [4.78, 5) is 11.9. The lowest BCUT2D eigenvalue weighted by molar-refractivity contribution is 0.0838. The molecule has 0 fully saturated rings. The van der Waals surface area contributed by atoms with Crippen LogP contribution in [0.1, 0.15) is 30.2 Å². The highest BCUT2D eigenvalue weighted by Crippen LogP contribution is 2.09. The molecule has 1 heterocycles. The van der Waals surface area contributed by atoms with Crippen LogP contribution >= 0.6 is 0 Å². The van der Waals surface area contributed by atoms with E-state index in [1.165, 1.54) is 0 Å². The Balaban J connectivity index is 2.63. The van der Waals surface area contributed by atoms with Crippen molar-refractivity contribution < 1.29 is 13.9 Å².